The zero-order chi connectivity index (χ0) is 19.9. The van der Waals surface area contributed by atoms with Gasteiger partial charge in [0.25, 0.3) is 5.91 Å². The van der Waals surface area contributed by atoms with Crippen LogP contribution in [0.1, 0.15) is 6.92 Å². The molecule has 1 atom stereocenters. The number of ether oxygens (including phenoxy) is 1. The summed E-state index contributed by atoms with van der Waals surface area (Å²) in [6.45, 7) is 6.65. The smallest absolute Gasteiger partial charge is 0.260 e. The van der Waals surface area contributed by atoms with Crippen molar-refractivity contribution in [1.29, 1.82) is 0 Å². The third kappa shape index (κ3) is 5.84. The normalized spacial score (nSPS) is 15.9. The summed E-state index contributed by atoms with van der Waals surface area (Å²) in [6, 6.07) is 13.6. The second-order valence-electron chi connectivity index (χ2n) is 6.81. The van der Waals surface area contributed by atoms with Crippen LogP contribution in [0.2, 0.25) is 5.02 Å². The average Bonchev–Trinajstić information content (AvgIpc) is 2.69. The van der Waals surface area contributed by atoms with Gasteiger partial charge in [0.15, 0.2) is 6.10 Å². The predicted octanol–water partition coefficient (Wildman–Crippen LogP) is 3.18. The van der Waals surface area contributed by atoms with Gasteiger partial charge in [-0.1, -0.05) is 17.7 Å². The summed E-state index contributed by atoms with van der Waals surface area (Å²) in [5, 5.41) is 3.49. The highest BCUT2D eigenvalue weighted by atomic mass is 35.5. The maximum absolute atomic E-state index is 13.0. The Hall–Kier alpha value is -2.31. The fourth-order valence-corrected chi connectivity index (χ4v) is 3.34. The third-order valence-electron chi connectivity index (χ3n) is 4.77. The number of hydrogen-bond donors (Lipinski definition) is 1. The Kier molecular flexibility index (Phi) is 7.12. The molecular weight excluding hydrogens is 381 g/mol. The molecule has 0 bridgehead atoms. The Morgan fingerprint density at radius 2 is 1.89 bits per heavy atom. The molecule has 1 amide bonds. The molecule has 2 aromatic rings. The Morgan fingerprint density at radius 3 is 2.57 bits per heavy atom. The van der Waals surface area contributed by atoms with Gasteiger partial charge in [-0.25, -0.2) is 4.39 Å². The zero-order valence-electron chi connectivity index (χ0n) is 15.9. The van der Waals surface area contributed by atoms with Gasteiger partial charge in [-0.3, -0.25) is 9.69 Å². The largest absolute Gasteiger partial charge is 0.481 e. The first-order valence-electron chi connectivity index (χ1n) is 9.44. The molecule has 5 nitrogen and oxygen atoms in total. The van der Waals surface area contributed by atoms with Crippen molar-refractivity contribution >= 4 is 23.2 Å². The first-order valence-corrected chi connectivity index (χ1v) is 9.82. The molecule has 0 saturated carbocycles. The molecule has 1 heterocycles. The second kappa shape index (κ2) is 9.75. The highest BCUT2D eigenvalue weighted by Crippen LogP contribution is 2.18. The lowest BCUT2D eigenvalue weighted by atomic mass is 10.2. The number of nitrogens with one attached hydrogen (secondary N) is 1. The topological polar surface area (TPSA) is 44.8 Å². The summed E-state index contributed by atoms with van der Waals surface area (Å²) in [4.78, 5) is 16.8. The van der Waals surface area contributed by atoms with E-state index in [0.717, 1.165) is 38.4 Å². The van der Waals surface area contributed by atoms with Crippen molar-refractivity contribution in [1.82, 2.24) is 10.2 Å². The summed E-state index contributed by atoms with van der Waals surface area (Å²) in [7, 11) is 0. The quantitative estimate of drug-likeness (QED) is 0.768. The van der Waals surface area contributed by atoms with E-state index in [-0.39, 0.29) is 11.7 Å². The van der Waals surface area contributed by atoms with Crippen LogP contribution in [0.15, 0.2) is 48.5 Å². The molecule has 28 heavy (non-hydrogen) atoms. The Morgan fingerprint density at radius 1 is 1.18 bits per heavy atom. The van der Waals surface area contributed by atoms with E-state index in [4.69, 9.17) is 16.3 Å². The van der Waals surface area contributed by atoms with E-state index >= 15 is 0 Å². The summed E-state index contributed by atoms with van der Waals surface area (Å²) in [5.41, 5.74) is 1.04. The number of hydrogen-bond acceptors (Lipinski definition) is 4. The predicted molar refractivity (Wildman–Crippen MR) is 110 cm³/mol. The van der Waals surface area contributed by atoms with Gasteiger partial charge >= 0.3 is 0 Å². The van der Waals surface area contributed by atoms with Crippen molar-refractivity contribution in [2.45, 2.75) is 13.0 Å². The number of carbonyl (C=O) groups is 1. The molecule has 0 aliphatic carbocycles. The molecule has 1 fully saturated rings. The molecule has 1 saturated heterocycles. The second-order valence-corrected chi connectivity index (χ2v) is 7.25. The van der Waals surface area contributed by atoms with Gasteiger partial charge in [0.2, 0.25) is 0 Å². The Labute approximate surface area is 170 Å². The Bertz CT molecular complexity index is 779. The van der Waals surface area contributed by atoms with E-state index < -0.39 is 6.10 Å². The zero-order valence-corrected chi connectivity index (χ0v) is 16.7. The Balaban J connectivity index is 1.36. The van der Waals surface area contributed by atoms with E-state index in [0.29, 0.717) is 17.3 Å². The van der Waals surface area contributed by atoms with Gasteiger partial charge in [0, 0.05) is 50.0 Å². The fourth-order valence-electron chi connectivity index (χ4n) is 3.16. The van der Waals surface area contributed by atoms with Crippen LogP contribution in [0.4, 0.5) is 10.1 Å². The summed E-state index contributed by atoms with van der Waals surface area (Å²) in [5.74, 6) is 0.212. The molecule has 1 unspecified atom stereocenters. The lowest BCUT2D eigenvalue weighted by Crippen LogP contribution is -2.49. The minimum Gasteiger partial charge on any atom is -0.481 e. The first kappa shape index (κ1) is 20.4. The summed E-state index contributed by atoms with van der Waals surface area (Å²) >= 11 is 5.93. The van der Waals surface area contributed by atoms with Gasteiger partial charge in [-0.05, 0) is 49.4 Å². The van der Waals surface area contributed by atoms with E-state index in [9.17, 15) is 9.18 Å². The van der Waals surface area contributed by atoms with Crippen molar-refractivity contribution in [2.24, 2.45) is 0 Å². The van der Waals surface area contributed by atoms with Crippen LogP contribution in [0.3, 0.4) is 0 Å². The molecule has 3 rings (SSSR count). The fraction of sp³-hybridized carbons (Fsp3) is 0.381. The van der Waals surface area contributed by atoms with Gasteiger partial charge in [-0.2, -0.15) is 0 Å². The van der Waals surface area contributed by atoms with E-state index in [1.165, 1.54) is 12.1 Å². The third-order valence-corrected chi connectivity index (χ3v) is 5.00. The van der Waals surface area contributed by atoms with Crippen molar-refractivity contribution in [3.63, 3.8) is 0 Å². The highest BCUT2D eigenvalue weighted by Gasteiger charge is 2.18. The number of nitrogens with zero attached hydrogens (tertiary/aromatic N) is 2. The average molecular weight is 406 g/mol. The molecule has 150 valence electrons. The molecule has 1 N–H and O–H groups in total. The minimum atomic E-state index is -0.589. The number of amides is 1. The lowest BCUT2D eigenvalue weighted by molar-refractivity contribution is -0.127. The van der Waals surface area contributed by atoms with Crippen LogP contribution in [-0.4, -0.2) is 56.2 Å². The number of rotatable bonds is 7. The molecule has 0 aromatic heterocycles. The lowest BCUT2D eigenvalue weighted by Gasteiger charge is -2.36. The maximum Gasteiger partial charge on any atom is 0.260 e. The molecular formula is C21H25ClFN3O2. The van der Waals surface area contributed by atoms with Crippen LogP contribution in [0.25, 0.3) is 0 Å². The first-order chi connectivity index (χ1) is 13.5. The molecule has 1 aliphatic rings. The van der Waals surface area contributed by atoms with Crippen molar-refractivity contribution in [3.8, 4) is 5.75 Å². The molecule has 1 aliphatic heterocycles. The van der Waals surface area contributed by atoms with Gasteiger partial charge < -0.3 is 15.0 Å². The molecule has 2 aromatic carbocycles. The van der Waals surface area contributed by atoms with Crippen molar-refractivity contribution in [3.05, 3.63) is 59.4 Å². The van der Waals surface area contributed by atoms with Crippen LogP contribution in [-0.2, 0) is 4.79 Å². The van der Waals surface area contributed by atoms with Gasteiger partial charge in [0.05, 0.1) is 0 Å². The van der Waals surface area contributed by atoms with Crippen LogP contribution < -0.4 is 15.0 Å². The molecule has 7 heteroatoms. The van der Waals surface area contributed by atoms with Crippen LogP contribution in [0, 0.1) is 5.82 Å². The SMILES string of the molecule is CC(Oc1cccc(Cl)c1)C(=O)NCCN1CCN(c2ccc(F)cc2)CC1. The van der Waals surface area contributed by atoms with Gasteiger partial charge in [-0.15, -0.1) is 0 Å². The number of anilines is 1. The highest BCUT2D eigenvalue weighted by molar-refractivity contribution is 6.30. The summed E-state index contributed by atoms with van der Waals surface area (Å²) < 4.78 is 18.7. The van der Waals surface area contributed by atoms with Crippen molar-refractivity contribution < 1.29 is 13.9 Å². The number of piperazine rings is 1. The number of carbonyl (C=O) groups excluding carboxylic acids is 1. The molecule has 0 radical (unpaired) electrons. The number of benzene rings is 2. The van der Waals surface area contributed by atoms with E-state index in [1.807, 2.05) is 12.1 Å². The van der Waals surface area contributed by atoms with E-state index in [2.05, 4.69) is 15.1 Å². The monoisotopic (exact) mass is 405 g/mol. The summed E-state index contributed by atoms with van der Waals surface area (Å²) in [6.07, 6.45) is -0.589. The standard InChI is InChI=1S/C21H25ClFN3O2/c1-16(28-20-4-2-3-17(22)15-20)21(27)24-9-10-25-11-13-26(14-12-25)19-7-5-18(23)6-8-19/h2-8,15-16H,9-14H2,1H3,(H,24,27). The minimum absolute atomic E-state index is 0.148. The van der Waals surface area contributed by atoms with E-state index in [1.54, 1.807) is 31.2 Å². The van der Waals surface area contributed by atoms with Crippen LogP contribution >= 0.6 is 11.6 Å². The van der Waals surface area contributed by atoms with Crippen LogP contribution in [0.5, 0.6) is 5.75 Å². The number of halogens is 2. The maximum atomic E-state index is 13.0. The molecule has 0 spiro atoms. The van der Waals surface area contributed by atoms with Gasteiger partial charge in [0.1, 0.15) is 11.6 Å². The van der Waals surface area contributed by atoms with Crippen molar-refractivity contribution in [2.75, 3.05) is 44.2 Å².